The van der Waals surface area contributed by atoms with E-state index in [1.165, 1.54) is 0 Å². The Morgan fingerprint density at radius 2 is 2.26 bits per heavy atom. The normalized spacial score (nSPS) is 17.5. The molecule has 1 saturated heterocycles. The number of carbonyl (C=O) groups excluding carboxylic acids is 1. The standard InChI is InChI=1S/C13H19IN2O2S/c1-18-8-7-15-3-2-4-16(6-5-15)13(17)11-9-12(14)19-10-11/h9-10H,2-8H2,1H3. The Morgan fingerprint density at radius 1 is 1.42 bits per heavy atom. The second kappa shape index (κ2) is 7.56. The zero-order valence-electron chi connectivity index (χ0n) is 11.1. The van der Waals surface area contributed by atoms with Crippen molar-refractivity contribution in [3.8, 4) is 0 Å². The minimum atomic E-state index is 0.174. The number of rotatable bonds is 4. The van der Waals surface area contributed by atoms with Gasteiger partial charge in [0.05, 0.1) is 15.1 Å². The maximum absolute atomic E-state index is 12.4. The Labute approximate surface area is 131 Å². The lowest BCUT2D eigenvalue weighted by molar-refractivity contribution is 0.0759. The van der Waals surface area contributed by atoms with Gasteiger partial charge in [-0.25, -0.2) is 0 Å². The van der Waals surface area contributed by atoms with Crippen LogP contribution in [0.15, 0.2) is 11.4 Å². The SMILES string of the molecule is COCCN1CCCN(C(=O)c2csc(I)c2)CC1. The molecule has 0 bridgehead atoms. The van der Waals surface area contributed by atoms with Crippen LogP contribution >= 0.6 is 33.9 Å². The molecule has 2 rings (SSSR count). The van der Waals surface area contributed by atoms with Gasteiger partial charge in [-0.3, -0.25) is 9.69 Å². The maximum atomic E-state index is 12.4. The second-order valence-electron chi connectivity index (χ2n) is 4.62. The number of thiophene rings is 1. The summed E-state index contributed by atoms with van der Waals surface area (Å²) >= 11 is 3.88. The van der Waals surface area contributed by atoms with E-state index in [4.69, 9.17) is 4.74 Å². The van der Waals surface area contributed by atoms with E-state index >= 15 is 0 Å². The molecule has 1 amide bonds. The Hall–Kier alpha value is -0.180. The van der Waals surface area contributed by atoms with Gasteiger partial charge in [-0.15, -0.1) is 11.3 Å². The third-order valence-electron chi connectivity index (χ3n) is 3.30. The number of carbonyl (C=O) groups is 1. The van der Waals surface area contributed by atoms with E-state index in [1.54, 1.807) is 18.4 Å². The largest absolute Gasteiger partial charge is 0.383 e. The number of hydrogen-bond donors (Lipinski definition) is 0. The summed E-state index contributed by atoms with van der Waals surface area (Å²) in [4.78, 5) is 16.7. The summed E-state index contributed by atoms with van der Waals surface area (Å²) in [6, 6.07) is 1.97. The molecule has 0 atom stereocenters. The topological polar surface area (TPSA) is 32.8 Å². The first-order valence-corrected chi connectivity index (χ1v) is 8.41. The fraction of sp³-hybridized carbons (Fsp3) is 0.615. The predicted molar refractivity (Wildman–Crippen MR) is 85.9 cm³/mol. The van der Waals surface area contributed by atoms with E-state index in [-0.39, 0.29) is 5.91 Å². The molecule has 0 unspecified atom stereocenters. The van der Waals surface area contributed by atoms with E-state index in [0.29, 0.717) is 0 Å². The molecule has 1 aromatic rings. The van der Waals surface area contributed by atoms with Crippen LogP contribution < -0.4 is 0 Å². The van der Waals surface area contributed by atoms with Crippen LogP contribution in [0.2, 0.25) is 0 Å². The smallest absolute Gasteiger partial charge is 0.254 e. The number of amides is 1. The van der Waals surface area contributed by atoms with Crippen molar-refractivity contribution in [1.82, 2.24) is 9.80 Å². The highest BCUT2D eigenvalue weighted by atomic mass is 127. The van der Waals surface area contributed by atoms with Gasteiger partial charge in [-0.05, 0) is 41.6 Å². The lowest BCUT2D eigenvalue weighted by Gasteiger charge is -2.21. The van der Waals surface area contributed by atoms with Crippen molar-refractivity contribution in [2.75, 3.05) is 46.4 Å². The predicted octanol–water partition coefficient (Wildman–Crippen LogP) is 2.15. The highest BCUT2D eigenvalue weighted by Crippen LogP contribution is 2.18. The summed E-state index contributed by atoms with van der Waals surface area (Å²) in [6.45, 7) is 5.37. The maximum Gasteiger partial charge on any atom is 0.254 e. The molecule has 0 aliphatic carbocycles. The van der Waals surface area contributed by atoms with Crippen LogP contribution in [0.5, 0.6) is 0 Å². The van der Waals surface area contributed by atoms with Crippen LogP contribution in [-0.2, 0) is 4.74 Å². The van der Waals surface area contributed by atoms with Crippen LogP contribution in [0, 0.1) is 2.88 Å². The average Bonchev–Trinajstić information content (AvgIpc) is 2.71. The molecule has 1 fully saturated rings. The van der Waals surface area contributed by atoms with Gasteiger partial charge in [0, 0.05) is 38.7 Å². The summed E-state index contributed by atoms with van der Waals surface area (Å²) in [5.41, 5.74) is 0.833. The molecule has 2 heterocycles. The van der Waals surface area contributed by atoms with Crippen molar-refractivity contribution >= 4 is 39.8 Å². The van der Waals surface area contributed by atoms with Gasteiger partial charge in [0.15, 0.2) is 0 Å². The van der Waals surface area contributed by atoms with Gasteiger partial charge in [-0.2, -0.15) is 0 Å². The van der Waals surface area contributed by atoms with E-state index in [9.17, 15) is 4.79 Å². The molecule has 0 spiro atoms. The van der Waals surface area contributed by atoms with Gasteiger partial charge in [-0.1, -0.05) is 0 Å². The Kier molecular flexibility index (Phi) is 6.06. The zero-order valence-corrected chi connectivity index (χ0v) is 14.1. The van der Waals surface area contributed by atoms with Gasteiger partial charge < -0.3 is 9.64 Å². The first-order valence-electron chi connectivity index (χ1n) is 6.45. The van der Waals surface area contributed by atoms with Gasteiger partial charge in [0.2, 0.25) is 0 Å². The molecule has 0 N–H and O–H groups in total. The number of methoxy groups -OCH3 is 1. The molecule has 1 aromatic heterocycles. The zero-order chi connectivity index (χ0) is 13.7. The van der Waals surface area contributed by atoms with Crippen molar-refractivity contribution in [2.45, 2.75) is 6.42 Å². The molecule has 0 saturated carbocycles. The molecule has 106 valence electrons. The van der Waals surface area contributed by atoms with E-state index in [1.807, 2.05) is 16.3 Å². The van der Waals surface area contributed by atoms with E-state index in [2.05, 4.69) is 27.5 Å². The molecule has 0 radical (unpaired) electrons. The van der Waals surface area contributed by atoms with E-state index in [0.717, 1.165) is 54.2 Å². The van der Waals surface area contributed by atoms with E-state index < -0.39 is 0 Å². The first kappa shape index (κ1) is 15.2. The number of hydrogen-bond acceptors (Lipinski definition) is 4. The van der Waals surface area contributed by atoms with Gasteiger partial charge in [0.1, 0.15) is 0 Å². The van der Waals surface area contributed by atoms with Crippen LogP contribution in [0.1, 0.15) is 16.8 Å². The van der Waals surface area contributed by atoms with Crippen molar-refractivity contribution in [2.24, 2.45) is 0 Å². The summed E-state index contributed by atoms with van der Waals surface area (Å²) in [7, 11) is 1.73. The highest BCUT2D eigenvalue weighted by molar-refractivity contribution is 14.1. The van der Waals surface area contributed by atoms with Crippen molar-refractivity contribution in [1.29, 1.82) is 0 Å². The Bertz CT molecular complexity index is 425. The first-order chi connectivity index (χ1) is 9.20. The lowest BCUT2D eigenvalue weighted by Crippen LogP contribution is -2.35. The Morgan fingerprint density at radius 3 is 2.95 bits per heavy atom. The summed E-state index contributed by atoms with van der Waals surface area (Å²) in [6.07, 6.45) is 1.04. The van der Waals surface area contributed by atoms with Crippen LogP contribution in [-0.4, -0.2) is 62.1 Å². The van der Waals surface area contributed by atoms with Crippen LogP contribution in [0.4, 0.5) is 0 Å². The molecule has 19 heavy (non-hydrogen) atoms. The minimum absolute atomic E-state index is 0.174. The second-order valence-corrected chi connectivity index (χ2v) is 7.43. The minimum Gasteiger partial charge on any atom is -0.383 e. The lowest BCUT2D eigenvalue weighted by atomic mass is 10.3. The van der Waals surface area contributed by atoms with Crippen molar-refractivity contribution in [3.05, 3.63) is 19.9 Å². The van der Waals surface area contributed by atoms with Crippen molar-refractivity contribution in [3.63, 3.8) is 0 Å². The monoisotopic (exact) mass is 394 g/mol. The molecular weight excluding hydrogens is 375 g/mol. The van der Waals surface area contributed by atoms with Crippen LogP contribution in [0.25, 0.3) is 0 Å². The number of halogens is 1. The Balaban J connectivity index is 1.90. The molecule has 4 nitrogen and oxygen atoms in total. The summed E-state index contributed by atoms with van der Waals surface area (Å²) in [5.74, 6) is 0.174. The molecular formula is C13H19IN2O2S. The van der Waals surface area contributed by atoms with Crippen molar-refractivity contribution < 1.29 is 9.53 Å². The number of nitrogens with zero attached hydrogens (tertiary/aromatic N) is 2. The molecule has 6 heteroatoms. The molecule has 1 aliphatic heterocycles. The van der Waals surface area contributed by atoms with Gasteiger partial charge in [0.25, 0.3) is 5.91 Å². The summed E-state index contributed by atoms with van der Waals surface area (Å²) < 4.78 is 6.27. The third kappa shape index (κ3) is 4.40. The summed E-state index contributed by atoms with van der Waals surface area (Å²) in [5, 5.41) is 1.96. The highest BCUT2D eigenvalue weighted by Gasteiger charge is 2.20. The van der Waals surface area contributed by atoms with Crippen LogP contribution in [0.3, 0.4) is 0 Å². The number of ether oxygens (including phenoxy) is 1. The fourth-order valence-electron chi connectivity index (χ4n) is 2.22. The molecule has 0 aromatic carbocycles. The fourth-order valence-corrected chi connectivity index (χ4v) is 3.54. The molecule has 1 aliphatic rings. The van der Waals surface area contributed by atoms with Gasteiger partial charge >= 0.3 is 0 Å². The average molecular weight is 394 g/mol. The quantitative estimate of drug-likeness (QED) is 0.734. The third-order valence-corrected chi connectivity index (χ3v) is 5.09.